The molecule has 0 radical (unpaired) electrons. The zero-order valence-electron chi connectivity index (χ0n) is 8.94. The first kappa shape index (κ1) is 10.5. The van der Waals surface area contributed by atoms with Crippen molar-refractivity contribution in [3.05, 3.63) is 24.3 Å². The molecule has 0 saturated carbocycles. The minimum absolute atomic E-state index is 0.454. The number of anilines is 1. The van der Waals surface area contributed by atoms with Crippen molar-refractivity contribution in [3.8, 4) is 5.75 Å². The van der Waals surface area contributed by atoms with Gasteiger partial charge >= 0.3 is 5.97 Å². The van der Waals surface area contributed by atoms with Gasteiger partial charge in [-0.1, -0.05) is 12.1 Å². The lowest BCUT2D eigenvalue weighted by molar-refractivity contribution is -0.162. The third-order valence-electron chi connectivity index (χ3n) is 2.46. The maximum atomic E-state index is 11.7. The van der Waals surface area contributed by atoms with E-state index in [4.69, 9.17) is 4.74 Å². The van der Waals surface area contributed by atoms with Crippen molar-refractivity contribution in [2.45, 2.75) is 12.5 Å². The van der Waals surface area contributed by atoms with E-state index >= 15 is 0 Å². The molecular weight excluding hydrogens is 210 g/mol. The van der Waals surface area contributed by atoms with Gasteiger partial charge in [0.2, 0.25) is 0 Å². The molecule has 0 bridgehead atoms. The smallest absolute Gasteiger partial charge is 0.359 e. The minimum atomic E-state index is -1.62. The number of benzene rings is 1. The number of hydrogen-bond donors (Lipinski definition) is 1. The van der Waals surface area contributed by atoms with Crippen LogP contribution in [0, 0.1) is 0 Å². The van der Waals surface area contributed by atoms with Gasteiger partial charge < -0.3 is 14.8 Å². The number of nitrogens with one attached hydrogen (secondary N) is 1. The van der Waals surface area contributed by atoms with Crippen molar-refractivity contribution in [3.63, 3.8) is 0 Å². The lowest BCUT2D eigenvalue weighted by Gasteiger charge is -2.31. The van der Waals surface area contributed by atoms with E-state index in [0.29, 0.717) is 11.4 Å². The Morgan fingerprint density at radius 3 is 2.81 bits per heavy atom. The molecule has 0 saturated heterocycles. The average Bonchev–Trinajstić information content (AvgIpc) is 2.29. The summed E-state index contributed by atoms with van der Waals surface area (Å²) in [5.74, 6) is -0.799. The van der Waals surface area contributed by atoms with Crippen LogP contribution < -0.4 is 10.1 Å². The molecule has 2 rings (SSSR count). The van der Waals surface area contributed by atoms with Crippen molar-refractivity contribution in [1.82, 2.24) is 0 Å². The van der Waals surface area contributed by atoms with E-state index in [1.807, 2.05) is 0 Å². The van der Waals surface area contributed by atoms with Crippen molar-refractivity contribution >= 4 is 17.6 Å². The fourth-order valence-electron chi connectivity index (χ4n) is 1.50. The quantitative estimate of drug-likeness (QED) is 0.566. The van der Waals surface area contributed by atoms with Crippen LogP contribution in [0.4, 0.5) is 5.69 Å². The third-order valence-corrected chi connectivity index (χ3v) is 2.46. The number of carbonyl (C=O) groups excluding carboxylic acids is 2. The van der Waals surface area contributed by atoms with E-state index in [0.717, 1.165) is 0 Å². The molecule has 1 aromatic carbocycles. The SMILES string of the molecule is COC(=O)[C@]1(C)Oc2ccccc2NC1=O. The summed E-state index contributed by atoms with van der Waals surface area (Å²) >= 11 is 0. The second-order valence-corrected chi connectivity index (χ2v) is 3.58. The Morgan fingerprint density at radius 1 is 1.44 bits per heavy atom. The summed E-state index contributed by atoms with van der Waals surface area (Å²) in [6.45, 7) is 1.38. The fourth-order valence-corrected chi connectivity index (χ4v) is 1.50. The number of fused-ring (bicyclic) bond motifs is 1. The maximum Gasteiger partial charge on any atom is 0.359 e. The standard InChI is InChI=1S/C11H11NO4/c1-11(10(14)15-2)9(13)12-7-5-3-4-6-8(7)16-11/h3-6H,1-2H3,(H,12,13)/t11-/m1/s1. The lowest BCUT2D eigenvalue weighted by Crippen LogP contribution is -2.54. The van der Waals surface area contributed by atoms with Gasteiger partial charge in [-0.3, -0.25) is 4.79 Å². The number of amides is 1. The second-order valence-electron chi connectivity index (χ2n) is 3.58. The number of methoxy groups -OCH3 is 1. The molecule has 0 fully saturated rings. The van der Waals surface area contributed by atoms with Gasteiger partial charge in [0.05, 0.1) is 12.8 Å². The molecule has 0 aliphatic carbocycles. The Bertz CT molecular complexity index is 457. The van der Waals surface area contributed by atoms with E-state index in [2.05, 4.69) is 10.1 Å². The van der Waals surface area contributed by atoms with Gasteiger partial charge in [-0.25, -0.2) is 4.79 Å². The number of hydrogen-bond acceptors (Lipinski definition) is 4. The van der Waals surface area contributed by atoms with Crippen LogP contribution in [-0.2, 0) is 14.3 Å². The molecule has 1 heterocycles. The van der Waals surface area contributed by atoms with Gasteiger partial charge in [0.15, 0.2) is 0 Å². The highest BCUT2D eigenvalue weighted by Crippen LogP contribution is 2.33. The summed E-state index contributed by atoms with van der Waals surface area (Å²) in [5, 5.41) is 2.60. The highest BCUT2D eigenvalue weighted by atomic mass is 16.6. The van der Waals surface area contributed by atoms with Gasteiger partial charge in [-0.2, -0.15) is 0 Å². The van der Waals surface area contributed by atoms with Crippen LogP contribution in [0.3, 0.4) is 0 Å². The first-order valence-electron chi connectivity index (χ1n) is 4.76. The third kappa shape index (κ3) is 1.41. The summed E-state index contributed by atoms with van der Waals surface area (Å²) in [6.07, 6.45) is 0. The predicted octanol–water partition coefficient (Wildman–Crippen LogP) is 0.949. The van der Waals surface area contributed by atoms with Crippen LogP contribution in [0.25, 0.3) is 0 Å². The van der Waals surface area contributed by atoms with Crippen LogP contribution in [0.5, 0.6) is 5.75 Å². The molecule has 5 nitrogen and oxygen atoms in total. The average molecular weight is 221 g/mol. The molecule has 1 aliphatic rings. The van der Waals surface area contributed by atoms with E-state index in [-0.39, 0.29) is 0 Å². The molecule has 1 amide bonds. The van der Waals surface area contributed by atoms with Crippen LogP contribution in [0.2, 0.25) is 0 Å². The molecule has 1 atom stereocenters. The summed E-state index contributed by atoms with van der Waals surface area (Å²) in [6, 6.07) is 6.90. The zero-order valence-corrected chi connectivity index (χ0v) is 8.94. The Balaban J connectivity index is 2.41. The predicted molar refractivity (Wildman–Crippen MR) is 56.1 cm³/mol. The number of carbonyl (C=O) groups is 2. The van der Waals surface area contributed by atoms with Gasteiger partial charge in [-0.05, 0) is 19.1 Å². The topological polar surface area (TPSA) is 64.6 Å². The van der Waals surface area contributed by atoms with Crippen LogP contribution in [0.15, 0.2) is 24.3 Å². The van der Waals surface area contributed by atoms with E-state index in [9.17, 15) is 9.59 Å². The zero-order chi connectivity index (χ0) is 11.8. The molecule has 0 spiro atoms. The summed E-state index contributed by atoms with van der Waals surface area (Å²) in [4.78, 5) is 23.2. The Labute approximate surface area is 92.4 Å². The van der Waals surface area contributed by atoms with Crippen molar-refractivity contribution in [2.75, 3.05) is 12.4 Å². The molecule has 84 valence electrons. The summed E-state index contributed by atoms with van der Waals surface area (Å²) < 4.78 is 9.95. The Morgan fingerprint density at radius 2 is 2.12 bits per heavy atom. The number of esters is 1. The minimum Gasteiger partial charge on any atom is -0.466 e. The number of rotatable bonds is 1. The lowest BCUT2D eigenvalue weighted by atomic mass is 10.0. The summed E-state index contributed by atoms with van der Waals surface area (Å²) in [7, 11) is 1.21. The number of ether oxygens (including phenoxy) is 2. The molecular formula is C11H11NO4. The summed E-state index contributed by atoms with van der Waals surface area (Å²) in [5.41, 5.74) is -1.07. The van der Waals surface area contributed by atoms with Gasteiger partial charge in [0.1, 0.15) is 5.75 Å². The van der Waals surface area contributed by atoms with Crippen molar-refractivity contribution in [2.24, 2.45) is 0 Å². The van der Waals surface area contributed by atoms with Crippen molar-refractivity contribution in [1.29, 1.82) is 0 Å². The largest absolute Gasteiger partial charge is 0.466 e. The first-order chi connectivity index (χ1) is 7.58. The molecule has 1 N–H and O–H groups in total. The molecule has 0 aromatic heterocycles. The molecule has 1 aliphatic heterocycles. The van der Waals surface area contributed by atoms with Crippen LogP contribution >= 0.6 is 0 Å². The molecule has 0 unspecified atom stereocenters. The van der Waals surface area contributed by atoms with Crippen molar-refractivity contribution < 1.29 is 19.1 Å². The Kier molecular flexibility index (Phi) is 2.30. The highest BCUT2D eigenvalue weighted by molar-refractivity contribution is 6.13. The van der Waals surface area contributed by atoms with Gasteiger partial charge in [0.25, 0.3) is 11.5 Å². The monoisotopic (exact) mass is 221 g/mol. The number of para-hydroxylation sites is 2. The van der Waals surface area contributed by atoms with Gasteiger partial charge in [-0.15, -0.1) is 0 Å². The fraction of sp³-hybridized carbons (Fsp3) is 0.273. The molecule has 5 heteroatoms. The molecule has 1 aromatic rings. The van der Waals surface area contributed by atoms with E-state index in [1.54, 1.807) is 24.3 Å². The van der Waals surface area contributed by atoms with Crippen LogP contribution in [0.1, 0.15) is 6.92 Å². The van der Waals surface area contributed by atoms with E-state index in [1.165, 1.54) is 14.0 Å². The maximum absolute atomic E-state index is 11.7. The molecule has 16 heavy (non-hydrogen) atoms. The second kappa shape index (κ2) is 3.52. The normalized spacial score (nSPS) is 22.8. The highest BCUT2D eigenvalue weighted by Gasteiger charge is 2.48. The van der Waals surface area contributed by atoms with Crippen LogP contribution in [-0.4, -0.2) is 24.6 Å². The first-order valence-corrected chi connectivity index (χ1v) is 4.76. The van der Waals surface area contributed by atoms with Gasteiger partial charge in [0, 0.05) is 0 Å². The Hall–Kier alpha value is -2.04. The van der Waals surface area contributed by atoms with E-state index < -0.39 is 17.5 Å².